The van der Waals surface area contributed by atoms with Crippen molar-refractivity contribution >= 4 is 17.7 Å². The maximum absolute atomic E-state index is 11.9. The van der Waals surface area contributed by atoms with Crippen molar-refractivity contribution in [3.8, 4) is 11.5 Å². The summed E-state index contributed by atoms with van der Waals surface area (Å²) in [5.41, 5.74) is 5.29. The summed E-state index contributed by atoms with van der Waals surface area (Å²) < 4.78 is 5.63. The van der Waals surface area contributed by atoms with Gasteiger partial charge in [0, 0.05) is 5.56 Å². The van der Waals surface area contributed by atoms with Crippen LogP contribution in [0.4, 0.5) is 0 Å². The van der Waals surface area contributed by atoms with Gasteiger partial charge in [-0.05, 0) is 36.4 Å². The zero-order chi connectivity index (χ0) is 17.4. The molecule has 0 aliphatic carbocycles. The maximum atomic E-state index is 11.9. The number of benzene rings is 2. The molecule has 124 valence electrons. The van der Waals surface area contributed by atoms with Crippen LogP contribution in [0.5, 0.6) is 11.5 Å². The fourth-order valence-electron chi connectivity index (χ4n) is 1.81. The van der Waals surface area contributed by atoms with E-state index in [2.05, 4.69) is 10.6 Å². The van der Waals surface area contributed by atoms with E-state index in [0.29, 0.717) is 17.1 Å². The Morgan fingerprint density at radius 2 is 1.46 bits per heavy atom. The number of carbonyl (C=O) groups is 3. The fourth-order valence-corrected chi connectivity index (χ4v) is 1.81. The molecule has 0 saturated carbocycles. The van der Waals surface area contributed by atoms with Gasteiger partial charge in [0.1, 0.15) is 11.5 Å². The summed E-state index contributed by atoms with van der Waals surface area (Å²) in [6, 6.07) is 15.8. The van der Waals surface area contributed by atoms with E-state index in [1.807, 2.05) is 30.3 Å². The minimum atomic E-state index is -0.649. The monoisotopic (exact) mass is 327 g/mol. The molecule has 0 radical (unpaired) electrons. The Balaban J connectivity index is 1.85. The van der Waals surface area contributed by atoms with E-state index >= 15 is 0 Å². The molecule has 0 fully saturated rings. The van der Waals surface area contributed by atoms with E-state index in [9.17, 15) is 14.4 Å². The van der Waals surface area contributed by atoms with Crippen LogP contribution < -0.4 is 21.1 Å². The number of carbonyl (C=O) groups excluding carboxylic acids is 3. The molecule has 2 aromatic carbocycles. The highest BCUT2D eigenvalue weighted by atomic mass is 16.5. The SMILES string of the molecule is NC(=O)CNC(=O)CNC(=O)c1ccc(Oc2ccccc2)cc1. The van der Waals surface area contributed by atoms with Crippen LogP contribution in [0.25, 0.3) is 0 Å². The topological polar surface area (TPSA) is 111 Å². The molecule has 0 unspecified atom stereocenters. The van der Waals surface area contributed by atoms with Crippen molar-refractivity contribution in [2.45, 2.75) is 0 Å². The number of primary amides is 1. The summed E-state index contributed by atoms with van der Waals surface area (Å²) in [6.07, 6.45) is 0. The predicted octanol–water partition coefficient (Wildman–Crippen LogP) is 0.810. The number of ether oxygens (including phenoxy) is 1. The highest BCUT2D eigenvalue weighted by Gasteiger charge is 2.08. The van der Waals surface area contributed by atoms with Crippen molar-refractivity contribution in [2.75, 3.05) is 13.1 Å². The molecule has 7 nitrogen and oxygen atoms in total. The van der Waals surface area contributed by atoms with Gasteiger partial charge >= 0.3 is 0 Å². The zero-order valence-corrected chi connectivity index (χ0v) is 12.8. The van der Waals surface area contributed by atoms with E-state index in [0.717, 1.165) is 0 Å². The zero-order valence-electron chi connectivity index (χ0n) is 12.8. The lowest BCUT2D eigenvalue weighted by atomic mass is 10.2. The molecular weight excluding hydrogens is 310 g/mol. The summed E-state index contributed by atoms with van der Waals surface area (Å²) in [4.78, 5) is 33.9. The number of rotatable bonds is 7. The lowest BCUT2D eigenvalue weighted by Crippen LogP contribution is -2.40. The van der Waals surface area contributed by atoms with Gasteiger partial charge in [-0.2, -0.15) is 0 Å². The van der Waals surface area contributed by atoms with Gasteiger partial charge in [0.15, 0.2) is 0 Å². The predicted molar refractivity (Wildman–Crippen MR) is 87.5 cm³/mol. The lowest BCUT2D eigenvalue weighted by Gasteiger charge is -2.08. The van der Waals surface area contributed by atoms with E-state index in [4.69, 9.17) is 10.5 Å². The Morgan fingerprint density at radius 3 is 2.08 bits per heavy atom. The Labute approximate surface area is 138 Å². The van der Waals surface area contributed by atoms with Crippen molar-refractivity contribution in [3.05, 3.63) is 60.2 Å². The summed E-state index contributed by atoms with van der Waals surface area (Å²) in [5.74, 6) is -0.261. The molecule has 2 rings (SSSR count). The van der Waals surface area contributed by atoms with Gasteiger partial charge in [-0.25, -0.2) is 0 Å². The summed E-state index contributed by atoms with van der Waals surface area (Å²) in [7, 11) is 0. The highest BCUT2D eigenvalue weighted by Crippen LogP contribution is 2.20. The normalized spacial score (nSPS) is 9.83. The molecule has 3 amide bonds. The molecule has 0 aliphatic rings. The van der Waals surface area contributed by atoms with E-state index in [-0.39, 0.29) is 13.1 Å². The molecule has 4 N–H and O–H groups in total. The highest BCUT2D eigenvalue weighted by molar-refractivity contribution is 5.96. The second kappa shape index (κ2) is 8.33. The van der Waals surface area contributed by atoms with Gasteiger partial charge in [0.2, 0.25) is 11.8 Å². The number of para-hydroxylation sites is 1. The smallest absolute Gasteiger partial charge is 0.251 e. The minimum Gasteiger partial charge on any atom is -0.457 e. The van der Waals surface area contributed by atoms with Crippen LogP contribution in [0.1, 0.15) is 10.4 Å². The van der Waals surface area contributed by atoms with Gasteiger partial charge in [0.25, 0.3) is 5.91 Å². The average Bonchev–Trinajstić information content (AvgIpc) is 2.59. The third-order valence-electron chi connectivity index (χ3n) is 2.96. The molecule has 7 heteroatoms. The Morgan fingerprint density at radius 1 is 0.833 bits per heavy atom. The van der Waals surface area contributed by atoms with E-state index in [1.54, 1.807) is 24.3 Å². The number of amides is 3. The molecule has 0 spiro atoms. The van der Waals surface area contributed by atoms with Gasteiger partial charge in [-0.1, -0.05) is 18.2 Å². The van der Waals surface area contributed by atoms with Crippen molar-refractivity contribution in [1.29, 1.82) is 0 Å². The summed E-state index contributed by atoms with van der Waals surface area (Å²) in [6.45, 7) is -0.505. The van der Waals surface area contributed by atoms with Crippen LogP contribution in [0.3, 0.4) is 0 Å². The third kappa shape index (κ3) is 5.45. The maximum Gasteiger partial charge on any atom is 0.251 e. The van der Waals surface area contributed by atoms with E-state index < -0.39 is 17.7 Å². The first-order chi connectivity index (χ1) is 11.5. The van der Waals surface area contributed by atoms with Gasteiger partial charge in [-0.3, -0.25) is 14.4 Å². The molecule has 24 heavy (non-hydrogen) atoms. The lowest BCUT2D eigenvalue weighted by molar-refractivity contribution is -0.124. The van der Waals surface area contributed by atoms with Crippen LogP contribution in [0.2, 0.25) is 0 Å². The summed E-state index contributed by atoms with van der Waals surface area (Å²) >= 11 is 0. The second-order valence-electron chi connectivity index (χ2n) is 4.87. The first-order valence-corrected chi connectivity index (χ1v) is 7.21. The number of nitrogens with one attached hydrogen (secondary N) is 2. The van der Waals surface area contributed by atoms with Crippen LogP contribution in [-0.2, 0) is 9.59 Å². The largest absolute Gasteiger partial charge is 0.457 e. The van der Waals surface area contributed by atoms with E-state index in [1.165, 1.54) is 0 Å². The van der Waals surface area contributed by atoms with Crippen molar-refractivity contribution in [1.82, 2.24) is 10.6 Å². The average molecular weight is 327 g/mol. The second-order valence-corrected chi connectivity index (χ2v) is 4.87. The van der Waals surface area contributed by atoms with Crippen LogP contribution in [0.15, 0.2) is 54.6 Å². The summed E-state index contributed by atoms with van der Waals surface area (Å²) in [5, 5.41) is 4.72. The Hall–Kier alpha value is -3.35. The molecule has 2 aromatic rings. The molecule has 0 aromatic heterocycles. The van der Waals surface area contributed by atoms with Gasteiger partial charge < -0.3 is 21.1 Å². The molecule has 0 bridgehead atoms. The van der Waals surface area contributed by atoms with Crippen molar-refractivity contribution in [2.24, 2.45) is 5.73 Å². The fraction of sp³-hybridized carbons (Fsp3) is 0.118. The first-order valence-electron chi connectivity index (χ1n) is 7.21. The minimum absolute atomic E-state index is 0.242. The molecular formula is C17H17N3O4. The van der Waals surface area contributed by atoms with Crippen LogP contribution >= 0.6 is 0 Å². The Bertz CT molecular complexity index is 714. The Kier molecular flexibility index (Phi) is 5.90. The number of hydrogen-bond donors (Lipinski definition) is 3. The number of hydrogen-bond acceptors (Lipinski definition) is 4. The van der Waals surface area contributed by atoms with Crippen LogP contribution in [0, 0.1) is 0 Å². The molecule has 0 heterocycles. The first kappa shape index (κ1) is 17.0. The standard InChI is InChI=1S/C17H17N3O4/c18-15(21)10-19-16(22)11-20-17(23)12-6-8-14(9-7-12)24-13-4-2-1-3-5-13/h1-9H,10-11H2,(H2,18,21)(H,19,22)(H,20,23). The molecule has 0 atom stereocenters. The van der Waals surface area contributed by atoms with Crippen LogP contribution in [-0.4, -0.2) is 30.8 Å². The molecule has 0 aliphatic heterocycles. The number of nitrogens with two attached hydrogens (primary N) is 1. The van der Waals surface area contributed by atoms with Gasteiger partial charge in [0.05, 0.1) is 13.1 Å². The van der Waals surface area contributed by atoms with Gasteiger partial charge in [-0.15, -0.1) is 0 Å². The quantitative estimate of drug-likeness (QED) is 0.699. The van der Waals surface area contributed by atoms with Crippen molar-refractivity contribution < 1.29 is 19.1 Å². The van der Waals surface area contributed by atoms with Crippen molar-refractivity contribution in [3.63, 3.8) is 0 Å². The third-order valence-corrected chi connectivity index (χ3v) is 2.96. The molecule has 0 saturated heterocycles.